The van der Waals surface area contributed by atoms with Crippen LogP contribution in [0.25, 0.3) is 11.3 Å². The quantitative estimate of drug-likeness (QED) is 0.464. The van der Waals surface area contributed by atoms with Crippen LogP contribution in [0.2, 0.25) is 10.0 Å². The lowest BCUT2D eigenvalue weighted by Gasteiger charge is -2.14. The standard InChI is InChI=1S/C20H24Cl2N2O5/c1-4-6-8-12(5-2)11-28-20(26)23-18-16(19(25)27-3)17(24-29-18)15-13(21)9-7-10-14(15)22/h7,9-10,12H,4-6,8,11H2,1-3H3,(H,23,26). The number of halogens is 2. The van der Waals surface area contributed by atoms with Crippen LogP contribution in [0.4, 0.5) is 10.7 Å². The van der Waals surface area contributed by atoms with Crippen molar-refractivity contribution in [2.24, 2.45) is 5.92 Å². The zero-order valence-electron chi connectivity index (χ0n) is 16.6. The molecular weight excluding hydrogens is 419 g/mol. The first kappa shape index (κ1) is 23.0. The van der Waals surface area contributed by atoms with Gasteiger partial charge in [-0.15, -0.1) is 0 Å². The molecule has 2 aromatic rings. The number of ether oxygens (including phenoxy) is 2. The van der Waals surface area contributed by atoms with Crippen molar-refractivity contribution in [3.8, 4) is 11.3 Å². The zero-order chi connectivity index (χ0) is 21.4. The van der Waals surface area contributed by atoms with E-state index in [1.165, 1.54) is 7.11 Å². The van der Waals surface area contributed by atoms with Gasteiger partial charge in [-0.1, -0.05) is 67.5 Å². The minimum Gasteiger partial charge on any atom is -0.465 e. The molecule has 1 aromatic carbocycles. The predicted molar refractivity (Wildman–Crippen MR) is 112 cm³/mol. The Bertz CT molecular complexity index is 833. The molecule has 1 aromatic heterocycles. The summed E-state index contributed by atoms with van der Waals surface area (Å²) in [6.45, 7) is 4.43. The van der Waals surface area contributed by atoms with Gasteiger partial charge < -0.3 is 14.0 Å². The third-order valence-corrected chi connectivity index (χ3v) is 5.12. The van der Waals surface area contributed by atoms with E-state index in [4.69, 9.17) is 37.2 Å². The minimum atomic E-state index is -0.762. The Kier molecular flexibility index (Phi) is 8.79. The molecule has 0 aliphatic rings. The molecule has 0 aliphatic carbocycles. The average molecular weight is 443 g/mol. The Hall–Kier alpha value is -2.25. The number of hydrogen-bond acceptors (Lipinski definition) is 6. The van der Waals surface area contributed by atoms with Crippen LogP contribution in [0.1, 0.15) is 49.9 Å². The fraction of sp³-hybridized carbons (Fsp3) is 0.450. The molecule has 1 atom stereocenters. The summed E-state index contributed by atoms with van der Waals surface area (Å²) in [5.41, 5.74) is 0.265. The summed E-state index contributed by atoms with van der Waals surface area (Å²) in [5, 5.41) is 6.82. The number of aromatic nitrogens is 1. The van der Waals surface area contributed by atoms with E-state index < -0.39 is 12.1 Å². The molecule has 158 valence electrons. The van der Waals surface area contributed by atoms with Crippen LogP contribution >= 0.6 is 23.2 Å². The van der Waals surface area contributed by atoms with Gasteiger partial charge in [0, 0.05) is 5.56 Å². The third kappa shape index (κ3) is 5.87. The molecule has 1 unspecified atom stereocenters. The van der Waals surface area contributed by atoms with Gasteiger partial charge in [0.2, 0.25) is 5.88 Å². The summed E-state index contributed by atoms with van der Waals surface area (Å²) < 4.78 is 15.3. The minimum absolute atomic E-state index is 0.0668. The molecule has 0 saturated carbocycles. The first-order valence-electron chi connectivity index (χ1n) is 9.38. The van der Waals surface area contributed by atoms with Crippen LogP contribution < -0.4 is 5.32 Å². The van der Waals surface area contributed by atoms with Crippen LogP contribution in [0.5, 0.6) is 0 Å². The van der Waals surface area contributed by atoms with Gasteiger partial charge in [0.15, 0.2) is 5.56 Å². The number of benzene rings is 1. The second kappa shape index (κ2) is 11.1. The lowest BCUT2D eigenvalue weighted by Crippen LogP contribution is -2.19. The molecule has 0 radical (unpaired) electrons. The van der Waals surface area contributed by atoms with Gasteiger partial charge in [0.05, 0.1) is 23.8 Å². The molecule has 0 spiro atoms. The fourth-order valence-corrected chi connectivity index (χ4v) is 3.36. The molecule has 0 fully saturated rings. The number of hydrogen-bond donors (Lipinski definition) is 1. The number of amides is 1. The molecule has 1 heterocycles. The second-order valence-electron chi connectivity index (χ2n) is 6.46. The molecule has 1 N–H and O–H groups in total. The highest BCUT2D eigenvalue weighted by atomic mass is 35.5. The summed E-state index contributed by atoms with van der Waals surface area (Å²) in [6, 6.07) is 4.85. The van der Waals surface area contributed by atoms with Crippen molar-refractivity contribution in [1.29, 1.82) is 0 Å². The molecule has 0 saturated heterocycles. The number of rotatable bonds is 9. The highest BCUT2D eigenvalue weighted by molar-refractivity contribution is 6.39. The number of carbonyl (C=O) groups is 2. The predicted octanol–water partition coefficient (Wildman–Crippen LogP) is 6.20. The van der Waals surface area contributed by atoms with Gasteiger partial charge in [-0.05, 0) is 24.5 Å². The SMILES string of the molecule is CCCCC(CC)COC(=O)Nc1onc(-c2c(Cl)cccc2Cl)c1C(=O)OC. The summed E-state index contributed by atoms with van der Waals surface area (Å²) in [7, 11) is 1.20. The van der Waals surface area contributed by atoms with Crippen molar-refractivity contribution in [3.05, 3.63) is 33.8 Å². The molecule has 7 nitrogen and oxygen atoms in total. The summed E-state index contributed by atoms with van der Waals surface area (Å²) in [6.07, 6.45) is 3.28. The number of esters is 1. The number of unbranched alkanes of at least 4 members (excludes halogenated alkanes) is 1. The van der Waals surface area contributed by atoms with Gasteiger partial charge >= 0.3 is 12.1 Å². The number of methoxy groups -OCH3 is 1. The number of anilines is 1. The first-order chi connectivity index (χ1) is 13.9. The summed E-state index contributed by atoms with van der Waals surface area (Å²) in [5.74, 6) is -0.690. The molecule has 0 bridgehead atoms. The fourth-order valence-electron chi connectivity index (χ4n) is 2.78. The molecular formula is C20H24Cl2N2O5. The lowest BCUT2D eigenvalue weighted by atomic mass is 10.0. The van der Waals surface area contributed by atoms with Crippen LogP contribution in [-0.4, -0.2) is 30.9 Å². The van der Waals surface area contributed by atoms with Crippen LogP contribution in [0.15, 0.2) is 22.7 Å². The maximum atomic E-state index is 12.3. The van der Waals surface area contributed by atoms with E-state index in [0.29, 0.717) is 5.56 Å². The van der Waals surface area contributed by atoms with E-state index in [1.54, 1.807) is 18.2 Å². The van der Waals surface area contributed by atoms with E-state index in [1.807, 2.05) is 6.92 Å². The van der Waals surface area contributed by atoms with Crippen LogP contribution in [0.3, 0.4) is 0 Å². The van der Waals surface area contributed by atoms with Gasteiger partial charge in [-0.25, -0.2) is 9.59 Å². The van der Waals surface area contributed by atoms with E-state index in [-0.39, 0.29) is 39.7 Å². The van der Waals surface area contributed by atoms with Crippen molar-refractivity contribution >= 4 is 41.1 Å². The molecule has 0 aliphatic heterocycles. The van der Waals surface area contributed by atoms with Gasteiger partial charge in [0.25, 0.3) is 0 Å². The van der Waals surface area contributed by atoms with Crippen molar-refractivity contribution in [1.82, 2.24) is 5.16 Å². The smallest absolute Gasteiger partial charge is 0.414 e. The highest BCUT2D eigenvalue weighted by Gasteiger charge is 2.29. The number of nitrogens with one attached hydrogen (secondary N) is 1. The summed E-state index contributed by atoms with van der Waals surface area (Å²) >= 11 is 12.4. The molecule has 1 amide bonds. The number of carbonyl (C=O) groups excluding carboxylic acids is 2. The summed E-state index contributed by atoms with van der Waals surface area (Å²) in [4.78, 5) is 24.5. The average Bonchev–Trinajstić information content (AvgIpc) is 3.10. The Labute approximate surface area is 179 Å². The maximum absolute atomic E-state index is 12.3. The molecule has 2 rings (SSSR count). The lowest BCUT2D eigenvalue weighted by molar-refractivity contribution is 0.0602. The zero-order valence-corrected chi connectivity index (χ0v) is 18.1. The van der Waals surface area contributed by atoms with Crippen LogP contribution in [0, 0.1) is 5.92 Å². The van der Waals surface area contributed by atoms with Gasteiger partial charge in [-0.3, -0.25) is 5.32 Å². The highest BCUT2D eigenvalue weighted by Crippen LogP contribution is 2.38. The van der Waals surface area contributed by atoms with Crippen molar-refractivity contribution in [2.45, 2.75) is 39.5 Å². The van der Waals surface area contributed by atoms with E-state index in [2.05, 4.69) is 17.4 Å². The van der Waals surface area contributed by atoms with Gasteiger partial charge in [-0.2, -0.15) is 0 Å². The Morgan fingerprint density at radius 1 is 1.24 bits per heavy atom. The third-order valence-electron chi connectivity index (χ3n) is 4.49. The largest absolute Gasteiger partial charge is 0.465 e. The van der Waals surface area contributed by atoms with Crippen molar-refractivity contribution in [2.75, 3.05) is 19.0 Å². The monoisotopic (exact) mass is 442 g/mol. The van der Waals surface area contributed by atoms with Crippen molar-refractivity contribution < 1.29 is 23.6 Å². The number of nitrogens with zero attached hydrogens (tertiary/aromatic N) is 1. The molecule has 29 heavy (non-hydrogen) atoms. The molecule has 9 heteroatoms. The topological polar surface area (TPSA) is 90.7 Å². The Morgan fingerprint density at radius 3 is 2.52 bits per heavy atom. The second-order valence-corrected chi connectivity index (χ2v) is 7.28. The van der Waals surface area contributed by atoms with Crippen LogP contribution in [-0.2, 0) is 9.47 Å². The Morgan fingerprint density at radius 2 is 1.93 bits per heavy atom. The maximum Gasteiger partial charge on any atom is 0.414 e. The normalized spacial score (nSPS) is 11.8. The van der Waals surface area contributed by atoms with E-state index >= 15 is 0 Å². The van der Waals surface area contributed by atoms with Crippen molar-refractivity contribution in [3.63, 3.8) is 0 Å². The van der Waals surface area contributed by atoms with E-state index in [0.717, 1.165) is 25.7 Å². The van der Waals surface area contributed by atoms with E-state index in [9.17, 15) is 9.59 Å². The van der Waals surface area contributed by atoms with Gasteiger partial charge in [0.1, 0.15) is 5.69 Å². The first-order valence-corrected chi connectivity index (χ1v) is 10.1. The Balaban J connectivity index is 2.22.